The lowest BCUT2D eigenvalue weighted by Crippen LogP contribution is -2.04. The Morgan fingerprint density at radius 3 is 2.66 bits per heavy atom. The lowest BCUT2D eigenvalue weighted by Gasteiger charge is -2.11. The van der Waals surface area contributed by atoms with Crippen LogP contribution in [0.5, 0.6) is 0 Å². The van der Waals surface area contributed by atoms with Gasteiger partial charge in [0.05, 0.1) is 17.2 Å². The van der Waals surface area contributed by atoms with Gasteiger partial charge in [-0.3, -0.25) is 9.55 Å². The minimum absolute atomic E-state index is 0.655. The molecule has 0 aliphatic heterocycles. The molecule has 3 N–H and O–H groups in total. The monoisotopic (exact) mass is 417 g/mol. The molecule has 3 heterocycles. The summed E-state index contributed by atoms with van der Waals surface area (Å²) in [6.45, 7) is 2.80. The van der Waals surface area contributed by atoms with E-state index in [1.54, 1.807) is 0 Å². The molecule has 32 heavy (non-hydrogen) atoms. The van der Waals surface area contributed by atoms with Crippen molar-refractivity contribution in [2.24, 2.45) is 5.73 Å². The van der Waals surface area contributed by atoms with Crippen molar-refractivity contribution in [3.63, 3.8) is 0 Å². The fourth-order valence-electron chi connectivity index (χ4n) is 4.57. The Morgan fingerprint density at radius 2 is 1.78 bits per heavy atom. The summed E-state index contributed by atoms with van der Waals surface area (Å²) in [7, 11) is 0. The van der Waals surface area contributed by atoms with Gasteiger partial charge in [-0.25, -0.2) is 4.98 Å². The van der Waals surface area contributed by atoms with E-state index < -0.39 is 0 Å². The number of imidazole rings is 1. The number of hydrogen-bond acceptors (Lipinski definition) is 3. The molecule has 0 saturated heterocycles. The number of rotatable bonds is 4. The molecule has 3 aromatic carbocycles. The van der Waals surface area contributed by atoms with Gasteiger partial charge in [-0.15, -0.1) is 0 Å². The molecule has 0 fully saturated rings. The van der Waals surface area contributed by atoms with E-state index in [9.17, 15) is 0 Å². The zero-order valence-corrected chi connectivity index (χ0v) is 17.8. The van der Waals surface area contributed by atoms with Gasteiger partial charge < -0.3 is 10.7 Å². The largest absolute Gasteiger partial charge is 0.361 e. The van der Waals surface area contributed by atoms with Crippen molar-refractivity contribution >= 4 is 32.8 Å². The number of nitrogens with one attached hydrogen (secondary N) is 1. The van der Waals surface area contributed by atoms with E-state index in [-0.39, 0.29) is 0 Å². The summed E-state index contributed by atoms with van der Waals surface area (Å²) in [5.74, 6) is 0. The number of pyridine rings is 1. The van der Waals surface area contributed by atoms with Gasteiger partial charge in [-0.2, -0.15) is 0 Å². The molecule has 5 nitrogen and oxygen atoms in total. The lowest BCUT2D eigenvalue weighted by atomic mass is 10.0. The van der Waals surface area contributed by atoms with Crippen LogP contribution in [-0.4, -0.2) is 26.1 Å². The highest BCUT2D eigenvalue weighted by Crippen LogP contribution is 2.31. The second-order valence-corrected chi connectivity index (χ2v) is 8.27. The van der Waals surface area contributed by atoms with Crippen LogP contribution >= 0.6 is 0 Å². The first-order valence-corrected chi connectivity index (χ1v) is 10.8. The number of hydrogen-bond donors (Lipinski definition) is 2. The Balaban J connectivity index is 1.55. The summed E-state index contributed by atoms with van der Waals surface area (Å²) in [6, 6.07) is 21.6. The van der Waals surface area contributed by atoms with Crippen LogP contribution in [0, 0.1) is 6.92 Å². The van der Waals surface area contributed by atoms with Gasteiger partial charge in [0.2, 0.25) is 0 Å². The molecule has 0 aliphatic rings. The van der Waals surface area contributed by atoms with E-state index in [2.05, 4.69) is 87.1 Å². The first kappa shape index (κ1) is 18.8. The van der Waals surface area contributed by atoms with Gasteiger partial charge in [0.15, 0.2) is 0 Å². The smallest absolute Gasteiger partial charge is 0.108 e. The normalized spacial score (nSPS) is 11.7. The number of fused-ring (bicyclic) bond motifs is 4. The summed E-state index contributed by atoms with van der Waals surface area (Å²) in [4.78, 5) is 12.6. The van der Waals surface area contributed by atoms with E-state index in [4.69, 9.17) is 5.73 Å². The zero-order chi connectivity index (χ0) is 21.7. The molecule has 0 atom stereocenters. The van der Waals surface area contributed by atoms with E-state index in [1.165, 1.54) is 22.1 Å². The number of nitrogens with two attached hydrogens (primary N) is 1. The van der Waals surface area contributed by atoms with Gasteiger partial charge >= 0.3 is 0 Å². The van der Waals surface area contributed by atoms with E-state index >= 15 is 0 Å². The minimum Gasteiger partial charge on any atom is -0.361 e. The SMILES string of the molecule is Cc1cc(-n2cnc3cnc4ccc(-c5ccc6[nH]ccc6c5)cc4c32)ccc1CCN. The summed E-state index contributed by atoms with van der Waals surface area (Å²) in [5, 5.41) is 2.30. The van der Waals surface area contributed by atoms with Crippen LogP contribution in [-0.2, 0) is 6.42 Å². The third-order valence-electron chi connectivity index (χ3n) is 6.28. The maximum absolute atomic E-state index is 5.76. The molecule has 0 unspecified atom stereocenters. The van der Waals surface area contributed by atoms with Crippen molar-refractivity contribution in [2.45, 2.75) is 13.3 Å². The van der Waals surface area contributed by atoms with Crippen LogP contribution in [0.3, 0.4) is 0 Å². The molecular weight excluding hydrogens is 394 g/mol. The van der Waals surface area contributed by atoms with Gasteiger partial charge in [0.1, 0.15) is 11.8 Å². The van der Waals surface area contributed by atoms with Gasteiger partial charge in [-0.05, 0) is 90.0 Å². The second kappa shape index (κ2) is 7.32. The quantitative estimate of drug-likeness (QED) is 0.396. The highest BCUT2D eigenvalue weighted by Gasteiger charge is 2.12. The lowest BCUT2D eigenvalue weighted by molar-refractivity contribution is 0.954. The van der Waals surface area contributed by atoms with Crippen LogP contribution in [0.1, 0.15) is 11.1 Å². The molecular formula is C27H23N5. The predicted molar refractivity (Wildman–Crippen MR) is 131 cm³/mol. The number of aromatic nitrogens is 4. The van der Waals surface area contributed by atoms with Crippen LogP contribution < -0.4 is 5.73 Å². The fraction of sp³-hybridized carbons (Fsp3) is 0.111. The third-order valence-corrected chi connectivity index (χ3v) is 6.28. The Labute approximate surface area is 185 Å². The summed E-state index contributed by atoms with van der Waals surface area (Å²) in [5.41, 5.74) is 15.8. The molecule has 0 radical (unpaired) electrons. The maximum atomic E-state index is 5.76. The average molecular weight is 418 g/mol. The minimum atomic E-state index is 0.655. The molecule has 0 bridgehead atoms. The molecule has 0 amide bonds. The van der Waals surface area contributed by atoms with Crippen molar-refractivity contribution in [1.82, 2.24) is 19.5 Å². The van der Waals surface area contributed by atoms with E-state index in [0.29, 0.717) is 6.54 Å². The Kier molecular flexibility index (Phi) is 4.30. The van der Waals surface area contributed by atoms with Gasteiger partial charge in [-0.1, -0.05) is 18.2 Å². The molecule has 6 aromatic rings. The van der Waals surface area contributed by atoms with Gasteiger partial charge in [0.25, 0.3) is 0 Å². The maximum Gasteiger partial charge on any atom is 0.108 e. The van der Waals surface area contributed by atoms with Crippen molar-refractivity contribution < 1.29 is 0 Å². The number of aryl methyl sites for hydroxylation is 1. The van der Waals surface area contributed by atoms with Crippen LogP contribution in [0.2, 0.25) is 0 Å². The topological polar surface area (TPSA) is 72.5 Å². The molecule has 6 rings (SSSR count). The Bertz CT molecular complexity index is 1610. The van der Waals surface area contributed by atoms with Crippen LogP contribution in [0.15, 0.2) is 79.4 Å². The molecule has 156 valence electrons. The van der Waals surface area contributed by atoms with Gasteiger partial charge in [0, 0.05) is 22.8 Å². The van der Waals surface area contributed by atoms with E-state index in [0.717, 1.165) is 45.1 Å². The number of aromatic amines is 1. The summed E-state index contributed by atoms with van der Waals surface area (Å²) in [6.07, 6.45) is 6.61. The first-order chi connectivity index (χ1) is 15.7. The molecule has 5 heteroatoms. The van der Waals surface area contributed by atoms with Crippen molar-refractivity contribution in [2.75, 3.05) is 6.54 Å². The average Bonchev–Trinajstić information content (AvgIpc) is 3.47. The van der Waals surface area contributed by atoms with E-state index in [1.807, 2.05) is 18.7 Å². The first-order valence-electron chi connectivity index (χ1n) is 10.8. The van der Waals surface area contributed by atoms with Crippen molar-refractivity contribution in [1.29, 1.82) is 0 Å². The Morgan fingerprint density at radius 1 is 0.906 bits per heavy atom. The zero-order valence-electron chi connectivity index (χ0n) is 17.8. The highest BCUT2D eigenvalue weighted by atomic mass is 15.1. The second-order valence-electron chi connectivity index (χ2n) is 8.27. The van der Waals surface area contributed by atoms with Crippen LogP contribution in [0.25, 0.3) is 49.7 Å². The fourth-order valence-corrected chi connectivity index (χ4v) is 4.57. The molecule has 3 aromatic heterocycles. The molecule has 0 saturated carbocycles. The summed E-state index contributed by atoms with van der Waals surface area (Å²) >= 11 is 0. The Hall–Kier alpha value is -3.96. The molecule has 0 spiro atoms. The number of benzene rings is 3. The molecule has 0 aliphatic carbocycles. The number of H-pyrrole nitrogens is 1. The predicted octanol–water partition coefficient (Wildman–Crippen LogP) is 5.53. The van der Waals surface area contributed by atoms with Crippen LogP contribution in [0.4, 0.5) is 0 Å². The summed E-state index contributed by atoms with van der Waals surface area (Å²) < 4.78 is 2.16. The van der Waals surface area contributed by atoms with Crippen molar-refractivity contribution in [3.05, 3.63) is 90.5 Å². The standard InChI is InChI=1S/C27H23N5/c1-17-12-22(5-2-18(17)8-10-28)32-16-31-26-15-30-25-7-4-20(14-23(25)27(26)32)19-3-6-24-21(13-19)9-11-29-24/h2-7,9,11-16,29H,8,10,28H2,1H3. The van der Waals surface area contributed by atoms with Crippen molar-refractivity contribution in [3.8, 4) is 16.8 Å². The third kappa shape index (κ3) is 2.98. The highest BCUT2D eigenvalue weighted by molar-refractivity contribution is 6.04. The number of nitrogens with zero attached hydrogens (tertiary/aromatic N) is 3.